The first-order valence-corrected chi connectivity index (χ1v) is 17.4. The molecule has 0 fully saturated rings. The third-order valence-corrected chi connectivity index (χ3v) is 9.90. The molecule has 7 nitrogen and oxygen atoms in total. The molecule has 4 rings (SSSR count). The van der Waals surface area contributed by atoms with Gasteiger partial charge in [-0.15, -0.1) is 0 Å². The van der Waals surface area contributed by atoms with E-state index >= 15 is 0 Å². The molecule has 236 valence electrons. The molecule has 0 spiro atoms. The number of hydrogen-bond acceptors (Lipinski definition) is 4. The third-order valence-electron chi connectivity index (χ3n) is 7.35. The van der Waals surface area contributed by atoms with Crippen LogP contribution in [0.25, 0.3) is 0 Å². The predicted molar refractivity (Wildman–Crippen MR) is 184 cm³/mol. The summed E-state index contributed by atoms with van der Waals surface area (Å²) in [5, 5.41) is 3.33. The minimum Gasteiger partial charge on any atom is -0.354 e. The van der Waals surface area contributed by atoms with Crippen molar-refractivity contribution in [2.45, 2.75) is 50.6 Å². The number of benzene rings is 4. The molecule has 0 saturated heterocycles. The zero-order chi connectivity index (χ0) is 32.4. The number of nitrogens with one attached hydrogen (secondary N) is 1. The Morgan fingerprint density at radius 2 is 1.58 bits per heavy atom. The van der Waals surface area contributed by atoms with E-state index in [1.165, 1.54) is 23.1 Å². The van der Waals surface area contributed by atoms with Crippen LogP contribution < -0.4 is 9.62 Å². The highest BCUT2D eigenvalue weighted by Gasteiger charge is 2.34. The van der Waals surface area contributed by atoms with Crippen LogP contribution in [-0.4, -0.2) is 44.3 Å². The normalized spacial score (nSPS) is 11.9. The number of amides is 2. The molecule has 0 aliphatic rings. The second-order valence-electron chi connectivity index (χ2n) is 10.8. The summed E-state index contributed by atoms with van der Waals surface area (Å²) in [4.78, 5) is 29.8. The molecule has 0 aliphatic carbocycles. The highest BCUT2D eigenvalue weighted by molar-refractivity contribution is 9.10. The van der Waals surface area contributed by atoms with Gasteiger partial charge in [-0.05, 0) is 66.9 Å². The molecule has 4 aromatic rings. The molecule has 2 amide bonds. The Morgan fingerprint density at radius 3 is 2.22 bits per heavy atom. The van der Waals surface area contributed by atoms with Crippen LogP contribution in [0.15, 0.2) is 112 Å². The van der Waals surface area contributed by atoms with Gasteiger partial charge in [-0.25, -0.2) is 8.42 Å². The molecule has 0 heterocycles. The van der Waals surface area contributed by atoms with Gasteiger partial charge in [-0.1, -0.05) is 107 Å². The minimum atomic E-state index is -4.20. The number of carbonyl (C=O) groups is 2. The van der Waals surface area contributed by atoms with Gasteiger partial charge in [0.25, 0.3) is 10.0 Å². The Labute approximate surface area is 279 Å². The Balaban J connectivity index is 1.78. The number of carbonyl (C=O) groups excluding carboxylic acids is 2. The van der Waals surface area contributed by atoms with Gasteiger partial charge in [0.2, 0.25) is 11.8 Å². The van der Waals surface area contributed by atoms with Crippen LogP contribution in [0.5, 0.6) is 0 Å². The van der Waals surface area contributed by atoms with Gasteiger partial charge in [0.15, 0.2) is 0 Å². The maximum absolute atomic E-state index is 14.5. The Morgan fingerprint density at radius 1 is 0.889 bits per heavy atom. The summed E-state index contributed by atoms with van der Waals surface area (Å²) in [6, 6.07) is 28.9. The van der Waals surface area contributed by atoms with Crippen molar-refractivity contribution in [2.75, 3.05) is 17.4 Å². The zero-order valence-corrected chi connectivity index (χ0v) is 28.5. The molecule has 0 aliphatic heterocycles. The van der Waals surface area contributed by atoms with E-state index in [9.17, 15) is 18.0 Å². The maximum Gasteiger partial charge on any atom is 0.264 e. The van der Waals surface area contributed by atoms with Crippen molar-refractivity contribution < 1.29 is 18.0 Å². The second-order valence-corrected chi connectivity index (χ2v) is 14.0. The third kappa shape index (κ3) is 9.42. The number of hydrogen-bond donors (Lipinski definition) is 1. The molecule has 45 heavy (non-hydrogen) atoms. The lowest BCUT2D eigenvalue weighted by Gasteiger charge is -2.34. The molecule has 0 unspecified atom stereocenters. The predicted octanol–water partition coefficient (Wildman–Crippen LogP) is 7.16. The summed E-state index contributed by atoms with van der Waals surface area (Å²) in [6.45, 7) is 3.93. The van der Waals surface area contributed by atoms with Gasteiger partial charge >= 0.3 is 0 Å². The van der Waals surface area contributed by atoms with Crippen molar-refractivity contribution >= 4 is 55.1 Å². The lowest BCUT2D eigenvalue weighted by Crippen LogP contribution is -2.53. The summed E-state index contributed by atoms with van der Waals surface area (Å²) in [7, 11) is -4.20. The largest absolute Gasteiger partial charge is 0.354 e. The fourth-order valence-electron chi connectivity index (χ4n) is 4.84. The SMILES string of the molecule is CCCCNC(=O)[C@@H](Cc1ccccc1)N(Cc1ccc(Br)cc1)C(=O)CN(c1cccc(Cl)c1)S(=O)(=O)c1ccc(C)cc1. The van der Waals surface area contributed by atoms with Crippen LogP contribution in [0.2, 0.25) is 5.02 Å². The van der Waals surface area contributed by atoms with Crippen LogP contribution in [0.4, 0.5) is 5.69 Å². The lowest BCUT2D eigenvalue weighted by atomic mass is 10.0. The minimum absolute atomic E-state index is 0.0403. The van der Waals surface area contributed by atoms with E-state index in [2.05, 4.69) is 21.2 Å². The van der Waals surface area contributed by atoms with Crippen LogP contribution in [0, 0.1) is 6.92 Å². The number of anilines is 1. The quantitative estimate of drug-likeness (QED) is 0.141. The Kier molecular flexibility index (Phi) is 12.2. The van der Waals surface area contributed by atoms with Crippen molar-refractivity contribution in [1.29, 1.82) is 0 Å². The van der Waals surface area contributed by atoms with E-state index in [-0.39, 0.29) is 29.5 Å². The van der Waals surface area contributed by atoms with Crippen molar-refractivity contribution in [1.82, 2.24) is 10.2 Å². The highest BCUT2D eigenvalue weighted by atomic mass is 79.9. The molecule has 10 heteroatoms. The first-order valence-electron chi connectivity index (χ1n) is 14.8. The molecule has 0 saturated carbocycles. The summed E-state index contributed by atoms with van der Waals surface area (Å²) in [5.74, 6) is -0.825. The fraction of sp³-hybridized carbons (Fsp3) is 0.257. The molecule has 0 bridgehead atoms. The number of sulfonamides is 1. The first kappa shape index (κ1) is 34.2. The van der Waals surface area contributed by atoms with E-state index in [0.29, 0.717) is 11.6 Å². The van der Waals surface area contributed by atoms with Crippen molar-refractivity contribution in [3.05, 3.63) is 129 Å². The summed E-state index contributed by atoms with van der Waals surface area (Å²) >= 11 is 9.75. The monoisotopic (exact) mass is 709 g/mol. The van der Waals surface area contributed by atoms with Crippen LogP contribution in [0.3, 0.4) is 0 Å². The van der Waals surface area contributed by atoms with Gasteiger partial charge in [-0.2, -0.15) is 0 Å². The smallest absolute Gasteiger partial charge is 0.264 e. The zero-order valence-electron chi connectivity index (χ0n) is 25.3. The summed E-state index contributed by atoms with van der Waals surface area (Å²) < 4.78 is 30.2. The first-order chi connectivity index (χ1) is 21.6. The Hall–Kier alpha value is -3.66. The van der Waals surface area contributed by atoms with Gasteiger partial charge in [0.1, 0.15) is 12.6 Å². The average Bonchev–Trinajstić information content (AvgIpc) is 3.03. The molecular formula is C35H37BrClN3O4S. The van der Waals surface area contributed by atoms with Gasteiger partial charge < -0.3 is 10.2 Å². The summed E-state index contributed by atoms with van der Waals surface area (Å²) in [6.07, 6.45) is 1.95. The highest BCUT2D eigenvalue weighted by Crippen LogP contribution is 2.27. The molecule has 1 atom stereocenters. The summed E-state index contributed by atoms with van der Waals surface area (Å²) in [5.41, 5.74) is 2.81. The molecule has 4 aromatic carbocycles. The van der Waals surface area contributed by atoms with Gasteiger partial charge in [0.05, 0.1) is 10.6 Å². The van der Waals surface area contributed by atoms with E-state index in [0.717, 1.165) is 38.3 Å². The van der Waals surface area contributed by atoms with E-state index in [1.807, 2.05) is 68.4 Å². The molecule has 1 N–H and O–H groups in total. The van der Waals surface area contributed by atoms with Crippen molar-refractivity contribution in [3.63, 3.8) is 0 Å². The number of unbranched alkanes of at least 4 members (excludes halogenated alkanes) is 1. The van der Waals surface area contributed by atoms with Gasteiger partial charge in [0, 0.05) is 29.0 Å². The number of halogens is 2. The van der Waals surface area contributed by atoms with E-state index in [4.69, 9.17) is 11.6 Å². The number of aryl methyl sites for hydroxylation is 1. The van der Waals surface area contributed by atoms with Crippen molar-refractivity contribution in [2.24, 2.45) is 0 Å². The van der Waals surface area contributed by atoms with Gasteiger partial charge in [-0.3, -0.25) is 13.9 Å². The van der Waals surface area contributed by atoms with Crippen molar-refractivity contribution in [3.8, 4) is 0 Å². The number of nitrogens with zero attached hydrogens (tertiary/aromatic N) is 2. The van der Waals surface area contributed by atoms with E-state index < -0.39 is 28.5 Å². The maximum atomic E-state index is 14.5. The molecule has 0 radical (unpaired) electrons. The van der Waals surface area contributed by atoms with Crippen LogP contribution in [-0.2, 0) is 32.6 Å². The lowest BCUT2D eigenvalue weighted by molar-refractivity contribution is -0.140. The van der Waals surface area contributed by atoms with Crippen LogP contribution >= 0.6 is 27.5 Å². The number of rotatable bonds is 14. The molecular weight excluding hydrogens is 674 g/mol. The van der Waals surface area contributed by atoms with E-state index in [1.54, 1.807) is 30.3 Å². The standard InChI is InChI=1S/C35H37BrClN3O4S/c1-3-4-21-38-35(42)33(22-27-9-6-5-7-10-27)39(24-28-15-17-29(36)18-16-28)34(41)25-40(31-12-8-11-30(37)23-31)45(43,44)32-19-13-26(2)14-20-32/h5-20,23,33H,3-4,21-22,24-25H2,1-2H3,(H,38,42)/t33-/m1/s1. The van der Waals surface area contributed by atoms with Crippen LogP contribution in [0.1, 0.15) is 36.5 Å². The topological polar surface area (TPSA) is 86.8 Å². The molecule has 0 aromatic heterocycles. The second kappa shape index (κ2) is 16.1. The fourth-order valence-corrected chi connectivity index (χ4v) is 6.70. The average molecular weight is 711 g/mol. The Bertz CT molecular complexity index is 1680.